The van der Waals surface area contributed by atoms with Crippen molar-refractivity contribution in [3.05, 3.63) is 134 Å². The van der Waals surface area contributed by atoms with E-state index in [9.17, 15) is 0 Å². The minimum atomic E-state index is -0.731. The summed E-state index contributed by atoms with van der Waals surface area (Å²) in [6.07, 6.45) is 0.644. The van der Waals surface area contributed by atoms with E-state index in [1.54, 1.807) is 16.1 Å². The molecule has 2 aromatic heterocycles. The van der Waals surface area contributed by atoms with Crippen molar-refractivity contribution < 1.29 is 0 Å². The monoisotopic (exact) mass is 486 g/mol. The van der Waals surface area contributed by atoms with Crippen molar-refractivity contribution in [1.29, 1.82) is 0 Å². The third kappa shape index (κ3) is 3.73. The maximum Gasteiger partial charge on any atom is 0.180 e. The second-order valence-electron chi connectivity index (χ2n) is 7.19. The molecule has 5 rings (SSSR count). The maximum atomic E-state index is 4.90. The summed E-state index contributed by atoms with van der Waals surface area (Å²) in [4.78, 5) is 2.96. The predicted molar refractivity (Wildman–Crippen MR) is 127 cm³/mol. The van der Waals surface area contributed by atoms with E-state index in [-0.39, 0.29) is 0 Å². The SMILES string of the molecule is Brc1ccc(Cc2nnn(C(c3ccccc3)(c3ccccc3)c3ccccc3)n2)s1. The maximum absolute atomic E-state index is 4.90. The van der Waals surface area contributed by atoms with Crippen molar-refractivity contribution in [3.8, 4) is 0 Å². The lowest BCUT2D eigenvalue weighted by molar-refractivity contribution is 0.394. The Morgan fingerprint density at radius 3 is 1.68 bits per heavy atom. The molecule has 0 aliphatic heterocycles. The van der Waals surface area contributed by atoms with Gasteiger partial charge >= 0.3 is 0 Å². The van der Waals surface area contributed by atoms with Gasteiger partial charge in [0.25, 0.3) is 0 Å². The number of hydrogen-bond donors (Lipinski definition) is 0. The summed E-state index contributed by atoms with van der Waals surface area (Å²) in [5, 5.41) is 13.9. The molecule has 3 aromatic carbocycles. The zero-order chi connectivity index (χ0) is 21.1. The van der Waals surface area contributed by atoms with Gasteiger partial charge < -0.3 is 0 Å². The van der Waals surface area contributed by atoms with Crippen LogP contribution in [0.5, 0.6) is 0 Å². The molecule has 0 aliphatic carbocycles. The molecule has 0 amide bonds. The standard InChI is InChI=1S/C25H19BrN4S/c26-23-17-16-22(31-23)18-24-27-29-30(28-24)25(19-10-4-1-5-11-19,20-12-6-2-7-13-20)21-14-8-3-9-15-21/h1-17H,18H2. The van der Waals surface area contributed by atoms with Crippen molar-refractivity contribution in [2.24, 2.45) is 0 Å². The van der Waals surface area contributed by atoms with Gasteiger partial charge in [-0.25, -0.2) is 0 Å². The first-order valence-corrected chi connectivity index (χ1v) is 11.6. The molecule has 0 radical (unpaired) electrons. The molecule has 0 saturated heterocycles. The van der Waals surface area contributed by atoms with Gasteiger partial charge in [0.1, 0.15) is 0 Å². The van der Waals surface area contributed by atoms with Gasteiger partial charge in [0.05, 0.1) is 3.79 Å². The molecule has 0 fully saturated rings. The number of rotatable bonds is 6. The minimum absolute atomic E-state index is 0.644. The van der Waals surface area contributed by atoms with Crippen LogP contribution in [-0.4, -0.2) is 20.2 Å². The van der Waals surface area contributed by atoms with Crippen molar-refractivity contribution in [3.63, 3.8) is 0 Å². The van der Waals surface area contributed by atoms with Crippen LogP contribution in [-0.2, 0) is 12.0 Å². The van der Waals surface area contributed by atoms with Crippen LogP contribution < -0.4 is 0 Å². The third-order valence-electron chi connectivity index (χ3n) is 5.29. The number of thiophene rings is 1. The van der Waals surface area contributed by atoms with Gasteiger partial charge in [-0.3, -0.25) is 0 Å². The molecule has 0 spiro atoms. The highest BCUT2D eigenvalue weighted by molar-refractivity contribution is 9.11. The summed E-state index contributed by atoms with van der Waals surface area (Å²) in [5.41, 5.74) is 2.51. The molecule has 152 valence electrons. The Morgan fingerprint density at radius 2 is 1.23 bits per heavy atom. The number of aromatic nitrogens is 4. The van der Waals surface area contributed by atoms with Crippen LogP contribution in [0.25, 0.3) is 0 Å². The normalized spacial score (nSPS) is 11.5. The highest BCUT2D eigenvalue weighted by Gasteiger charge is 2.41. The quantitative estimate of drug-likeness (QED) is 0.279. The molecule has 6 heteroatoms. The summed E-state index contributed by atoms with van der Waals surface area (Å²) in [6, 6.07) is 35.3. The van der Waals surface area contributed by atoms with Crippen LogP contribution in [0.4, 0.5) is 0 Å². The molecule has 5 aromatic rings. The number of tetrazole rings is 1. The lowest BCUT2D eigenvalue weighted by Crippen LogP contribution is -2.39. The van der Waals surface area contributed by atoms with Crippen LogP contribution in [0, 0.1) is 0 Å². The van der Waals surface area contributed by atoms with E-state index in [1.165, 1.54) is 4.88 Å². The Labute approximate surface area is 193 Å². The Kier molecular flexibility index (Phi) is 5.49. The number of nitrogens with zero attached hydrogens (tertiary/aromatic N) is 4. The Balaban J connectivity index is 1.73. The van der Waals surface area contributed by atoms with E-state index in [4.69, 9.17) is 5.10 Å². The molecule has 0 unspecified atom stereocenters. The molecular formula is C25H19BrN4S. The fraction of sp³-hybridized carbons (Fsp3) is 0.0800. The summed E-state index contributed by atoms with van der Waals surface area (Å²) in [7, 11) is 0. The van der Waals surface area contributed by atoms with Crippen LogP contribution in [0.3, 0.4) is 0 Å². The largest absolute Gasteiger partial charge is 0.180 e. The Morgan fingerprint density at radius 1 is 0.710 bits per heavy atom. The van der Waals surface area contributed by atoms with E-state index < -0.39 is 5.54 Å². The summed E-state index contributed by atoms with van der Waals surface area (Å²) >= 11 is 5.22. The lowest BCUT2D eigenvalue weighted by Gasteiger charge is -2.34. The lowest BCUT2D eigenvalue weighted by atomic mass is 9.77. The van der Waals surface area contributed by atoms with Crippen molar-refractivity contribution >= 4 is 27.3 Å². The van der Waals surface area contributed by atoms with Gasteiger partial charge in [-0.05, 0) is 50.0 Å². The van der Waals surface area contributed by atoms with Crippen LogP contribution in [0.2, 0.25) is 0 Å². The second kappa shape index (κ2) is 8.57. The number of halogens is 1. The molecule has 2 heterocycles. The topological polar surface area (TPSA) is 43.6 Å². The van der Waals surface area contributed by atoms with Gasteiger partial charge in [0.15, 0.2) is 11.4 Å². The third-order valence-corrected chi connectivity index (χ3v) is 6.91. The number of hydrogen-bond acceptors (Lipinski definition) is 4. The average Bonchev–Trinajstić information content (AvgIpc) is 3.46. The zero-order valence-corrected chi connectivity index (χ0v) is 19.0. The highest BCUT2D eigenvalue weighted by atomic mass is 79.9. The first kappa shape index (κ1) is 19.8. The first-order chi connectivity index (χ1) is 15.3. The van der Waals surface area contributed by atoms with Gasteiger partial charge in [-0.1, -0.05) is 91.0 Å². The van der Waals surface area contributed by atoms with Gasteiger partial charge in [-0.2, -0.15) is 0 Å². The van der Waals surface area contributed by atoms with E-state index in [0.717, 1.165) is 20.5 Å². The van der Waals surface area contributed by atoms with E-state index in [2.05, 4.69) is 105 Å². The summed E-state index contributed by atoms with van der Waals surface area (Å²) in [6.45, 7) is 0. The van der Waals surface area contributed by atoms with Crippen molar-refractivity contribution in [1.82, 2.24) is 20.2 Å². The predicted octanol–water partition coefficient (Wildman–Crippen LogP) is 5.93. The molecule has 4 nitrogen and oxygen atoms in total. The van der Waals surface area contributed by atoms with E-state index in [1.807, 2.05) is 24.3 Å². The molecule has 0 N–H and O–H groups in total. The molecular weight excluding hydrogens is 468 g/mol. The summed E-state index contributed by atoms with van der Waals surface area (Å²) < 4.78 is 1.10. The zero-order valence-electron chi connectivity index (χ0n) is 16.6. The van der Waals surface area contributed by atoms with Gasteiger partial charge in [-0.15, -0.1) is 26.3 Å². The fourth-order valence-electron chi connectivity index (χ4n) is 3.94. The van der Waals surface area contributed by atoms with Gasteiger partial charge in [0, 0.05) is 11.3 Å². The second-order valence-corrected chi connectivity index (χ2v) is 9.73. The van der Waals surface area contributed by atoms with Crippen LogP contribution in [0.15, 0.2) is 107 Å². The molecule has 0 atom stereocenters. The van der Waals surface area contributed by atoms with Crippen LogP contribution in [0.1, 0.15) is 27.4 Å². The summed E-state index contributed by atoms with van der Waals surface area (Å²) in [5.74, 6) is 0.696. The fourth-order valence-corrected chi connectivity index (χ4v) is 5.42. The highest BCUT2D eigenvalue weighted by Crippen LogP contribution is 2.39. The average molecular weight is 487 g/mol. The molecule has 0 aliphatic rings. The van der Waals surface area contributed by atoms with Crippen molar-refractivity contribution in [2.75, 3.05) is 0 Å². The van der Waals surface area contributed by atoms with Crippen LogP contribution >= 0.6 is 27.3 Å². The Bertz CT molecular complexity index is 1170. The molecule has 31 heavy (non-hydrogen) atoms. The Hall–Kier alpha value is -3.09. The molecule has 0 saturated carbocycles. The van der Waals surface area contributed by atoms with Crippen molar-refractivity contribution in [2.45, 2.75) is 12.0 Å². The van der Waals surface area contributed by atoms with Gasteiger partial charge in [0.2, 0.25) is 0 Å². The first-order valence-electron chi connectivity index (χ1n) is 9.97. The molecule has 0 bridgehead atoms. The van der Waals surface area contributed by atoms with E-state index >= 15 is 0 Å². The van der Waals surface area contributed by atoms with E-state index in [0.29, 0.717) is 12.2 Å². The minimum Gasteiger partial charge on any atom is -0.144 e. The smallest absolute Gasteiger partial charge is 0.144 e. The number of benzene rings is 3.